The Kier molecular flexibility index (Phi) is 7.11. The molecule has 0 radical (unpaired) electrons. The molecule has 11 heteroatoms. The Bertz CT molecular complexity index is 1270. The van der Waals surface area contributed by atoms with E-state index in [4.69, 9.17) is 29.4 Å². The SMILES string of the molecule is COc1cc(OC)c2c(N3CCC(F)(F)CC3)nc(-c3cc(C)c(OCC(=O)NO)c(C)c3)nc2c1. The van der Waals surface area contributed by atoms with Crippen molar-refractivity contribution in [2.24, 2.45) is 0 Å². The lowest BCUT2D eigenvalue weighted by Crippen LogP contribution is -2.40. The van der Waals surface area contributed by atoms with Gasteiger partial charge in [0.2, 0.25) is 0 Å². The highest BCUT2D eigenvalue weighted by atomic mass is 19.3. The molecule has 0 atom stereocenters. The van der Waals surface area contributed by atoms with E-state index in [9.17, 15) is 13.6 Å². The van der Waals surface area contributed by atoms with Crippen LogP contribution < -0.4 is 24.6 Å². The number of aromatic nitrogens is 2. The number of carbonyl (C=O) groups excluding carboxylic acids is 1. The molecule has 0 bridgehead atoms. The fourth-order valence-corrected chi connectivity index (χ4v) is 4.34. The third kappa shape index (κ3) is 5.11. The van der Waals surface area contributed by atoms with Gasteiger partial charge in [0.15, 0.2) is 12.4 Å². The van der Waals surface area contributed by atoms with E-state index in [2.05, 4.69) is 0 Å². The number of rotatable bonds is 7. The molecule has 192 valence electrons. The molecule has 2 aromatic carbocycles. The van der Waals surface area contributed by atoms with Crippen molar-refractivity contribution in [3.8, 4) is 28.6 Å². The molecule has 3 aromatic rings. The summed E-state index contributed by atoms with van der Waals surface area (Å²) in [7, 11) is 3.07. The van der Waals surface area contributed by atoms with Crippen molar-refractivity contribution in [3.05, 3.63) is 35.4 Å². The first-order chi connectivity index (χ1) is 17.2. The number of piperidine rings is 1. The van der Waals surface area contributed by atoms with E-state index in [1.807, 2.05) is 30.9 Å². The first-order valence-electron chi connectivity index (χ1n) is 11.4. The number of nitrogens with zero attached hydrogens (tertiary/aromatic N) is 3. The van der Waals surface area contributed by atoms with Gasteiger partial charge in [-0.05, 0) is 37.1 Å². The zero-order chi connectivity index (χ0) is 26.0. The van der Waals surface area contributed by atoms with Crippen LogP contribution in [-0.2, 0) is 4.79 Å². The number of hydrogen-bond donors (Lipinski definition) is 2. The number of hydrogen-bond acceptors (Lipinski definition) is 8. The summed E-state index contributed by atoms with van der Waals surface area (Å²) in [6, 6.07) is 7.13. The number of amides is 1. The van der Waals surface area contributed by atoms with Crippen molar-refractivity contribution in [1.82, 2.24) is 15.4 Å². The number of fused-ring (bicyclic) bond motifs is 1. The van der Waals surface area contributed by atoms with E-state index in [1.54, 1.807) is 19.2 Å². The number of alkyl halides is 2. The van der Waals surface area contributed by atoms with Gasteiger partial charge in [-0.2, -0.15) is 0 Å². The Morgan fingerprint density at radius 1 is 1.08 bits per heavy atom. The maximum absolute atomic E-state index is 13.9. The highest BCUT2D eigenvalue weighted by Gasteiger charge is 2.35. The molecule has 0 aliphatic carbocycles. The van der Waals surface area contributed by atoms with E-state index in [0.717, 1.165) is 11.1 Å². The normalized spacial score (nSPS) is 15.0. The fraction of sp³-hybridized carbons (Fsp3) is 0.400. The van der Waals surface area contributed by atoms with E-state index < -0.39 is 11.8 Å². The number of anilines is 1. The van der Waals surface area contributed by atoms with Gasteiger partial charge in [-0.3, -0.25) is 10.0 Å². The molecule has 2 N–H and O–H groups in total. The van der Waals surface area contributed by atoms with Crippen LogP contribution in [-0.4, -0.2) is 60.9 Å². The van der Waals surface area contributed by atoms with Crippen molar-refractivity contribution in [2.45, 2.75) is 32.6 Å². The predicted octanol–water partition coefficient (Wildman–Crippen LogP) is 4.05. The number of ether oxygens (including phenoxy) is 3. The number of carbonyl (C=O) groups is 1. The van der Waals surface area contributed by atoms with E-state index >= 15 is 0 Å². The van der Waals surface area contributed by atoms with Gasteiger partial charge in [-0.15, -0.1) is 0 Å². The zero-order valence-corrected chi connectivity index (χ0v) is 20.5. The minimum absolute atomic E-state index is 0.144. The van der Waals surface area contributed by atoms with Gasteiger partial charge in [0.05, 0.1) is 25.1 Å². The molecule has 1 aromatic heterocycles. The first-order valence-corrected chi connectivity index (χ1v) is 11.4. The monoisotopic (exact) mass is 502 g/mol. The van der Waals surface area contributed by atoms with Crippen LogP contribution in [0.1, 0.15) is 24.0 Å². The number of nitrogens with one attached hydrogen (secondary N) is 1. The molecule has 0 spiro atoms. The van der Waals surface area contributed by atoms with Crippen LogP contribution in [0, 0.1) is 13.8 Å². The molecule has 2 heterocycles. The largest absolute Gasteiger partial charge is 0.497 e. The lowest BCUT2D eigenvalue weighted by molar-refractivity contribution is -0.131. The second-order valence-corrected chi connectivity index (χ2v) is 8.70. The molecular weight excluding hydrogens is 474 g/mol. The Morgan fingerprint density at radius 2 is 1.75 bits per heavy atom. The molecule has 1 fully saturated rings. The van der Waals surface area contributed by atoms with E-state index in [0.29, 0.717) is 45.4 Å². The van der Waals surface area contributed by atoms with Crippen LogP contribution in [0.5, 0.6) is 17.2 Å². The van der Waals surface area contributed by atoms with Crippen LogP contribution in [0.4, 0.5) is 14.6 Å². The molecule has 1 saturated heterocycles. The number of methoxy groups -OCH3 is 2. The summed E-state index contributed by atoms with van der Waals surface area (Å²) >= 11 is 0. The number of halogens is 2. The second-order valence-electron chi connectivity index (χ2n) is 8.70. The van der Waals surface area contributed by atoms with Gasteiger partial charge >= 0.3 is 0 Å². The molecular formula is C25H28F2N4O5. The standard InChI is InChI=1S/C25H28F2N4O5/c1-14-9-16(10-15(2)22(14)36-13-20(32)30-33)23-28-18-11-17(34-3)12-19(35-4)21(18)24(29-23)31-7-5-25(26,27)6-8-31/h9-12,33H,5-8,13H2,1-4H3,(H,30,32). The maximum Gasteiger partial charge on any atom is 0.281 e. The van der Waals surface area contributed by atoms with E-state index in [-0.39, 0.29) is 32.5 Å². The molecule has 36 heavy (non-hydrogen) atoms. The second kappa shape index (κ2) is 10.1. The predicted molar refractivity (Wildman–Crippen MR) is 129 cm³/mol. The average molecular weight is 503 g/mol. The zero-order valence-electron chi connectivity index (χ0n) is 20.5. The van der Waals surface area contributed by atoms with Gasteiger partial charge < -0.3 is 19.1 Å². The Balaban J connectivity index is 1.84. The lowest BCUT2D eigenvalue weighted by Gasteiger charge is -2.33. The summed E-state index contributed by atoms with van der Waals surface area (Å²) in [6.07, 6.45) is -0.532. The van der Waals surface area contributed by atoms with Crippen molar-refractivity contribution in [3.63, 3.8) is 0 Å². The van der Waals surface area contributed by atoms with Gasteiger partial charge in [-0.1, -0.05) is 0 Å². The van der Waals surface area contributed by atoms with Crippen LogP contribution >= 0.6 is 0 Å². The van der Waals surface area contributed by atoms with Crippen molar-refractivity contribution in [2.75, 3.05) is 38.8 Å². The van der Waals surface area contributed by atoms with Crippen molar-refractivity contribution in [1.29, 1.82) is 0 Å². The molecule has 1 amide bonds. The third-order valence-electron chi connectivity index (χ3n) is 6.16. The molecule has 1 aliphatic rings. The smallest absolute Gasteiger partial charge is 0.281 e. The third-order valence-corrected chi connectivity index (χ3v) is 6.16. The lowest BCUT2D eigenvalue weighted by atomic mass is 10.0. The Labute approximate surface area is 207 Å². The van der Waals surface area contributed by atoms with Gasteiger partial charge in [0, 0.05) is 43.6 Å². The number of benzene rings is 2. The van der Waals surface area contributed by atoms with Crippen LogP contribution in [0.3, 0.4) is 0 Å². The topological polar surface area (TPSA) is 106 Å². The number of hydroxylamine groups is 1. The quantitative estimate of drug-likeness (QED) is 0.368. The van der Waals surface area contributed by atoms with Gasteiger partial charge in [0.25, 0.3) is 11.8 Å². The van der Waals surface area contributed by atoms with Gasteiger partial charge in [0.1, 0.15) is 23.1 Å². The minimum Gasteiger partial charge on any atom is -0.497 e. The molecule has 0 saturated carbocycles. The summed E-state index contributed by atoms with van der Waals surface area (Å²) in [4.78, 5) is 22.8. The van der Waals surface area contributed by atoms with Crippen molar-refractivity contribution >= 4 is 22.6 Å². The summed E-state index contributed by atoms with van der Waals surface area (Å²) < 4.78 is 44.4. The van der Waals surface area contributed by atoms with Crippen LogP contribution in [0.2, 0.25) is 0 Å². The van der Waals surface area contributed by atoms with Crippen molar-refractivity contribution < 1.29 is 33.0 Å². The summed E-state index contributed by atoms with van der Waals surface area (Å²) in [5.41, 5.74) is 4.25. The highest BCUT2D eigenvalue weighted by molar-refractivity contribution is 5.97. The summed E-state index contributed by atoms with van der Waals surface area (Å²) in [5, 5.41) is 9.33. The van der Waals surface area contributed by atoms with E-state index in [1.165, 1.54) is 12.6 Å². The summed E-state index contributed by atoms with van der Waals surface area (Å²) in [6.45, 7) is 3.59. The van der Waals surface area contributed by atoms with Crippen LogP contribution in [0.15, 0.2) is 24.3 Å². The Morgan fingerprint density at radius 3 is 2.33 bits per heavy atom. The Hall–Kier alpha value is -3.73. The van der Waals surface area contributed by atoms with Crippen LogP contribution in [0.25, 0.3) is 22.3 Å². The highest BCUT2D eigenvalue weighted by Crippen LogP contribution is 2.40. The first kappa shape index (κ1) is 25.4. The minimum atomic E-state index is -2.70. The van der Waals surface area contributed by atoms with Gasteiger partial charge in [-0.25, -0.2) is 24.2 Å². The molecule has 1 aliphatic heterocycles. The average Bonchev–Trinajstić information content (AvgIpc) is 2.86. The maximum atomic E-state index is 13.9. The molecule has 0 unspecified atom stereocenters. The molecule has 9 nitrogen and oxygen atoms in total. The number of aryl methyl sites for hydroxylation is 2. The fourth-order valence-electron chi connectivity index (χ4n) is 4.34. The molecule has 4 rings (SSSR count). The summed E-state index contributed by atoms with van der Waals surface area (Å²) in [5.74, 6) is -0.927.